The van der Waals surface area contributed by atoms with E-state index in [1.165, 1.54) is 57.8 Å². The van der Waals surface area contributed by atoms with Gasteiger partial charge in [0.15, 0.2) is 6.29 Å². The molecule has 1 aromatic heterocycles. The van der Waals surface area contributed by atoms with Gasteiger partial charge in [-0.25, -0.2) is 0 Å². The van der Waals surface area contributed by atoms with Crippen molar-refractivity contribution >= 4 is 6.29 Å². The first-order valence-electron chi connectivity index (χ1n) is 7.72. The van der Waals surface area contributed by atoms with E-state index in [0.717, 1.165) is 19.3 Å². The second-order valence-electron chi connectivity index (χ2n) is 5.21. The lowest BCUT2D eigenvalue weighted by Gasteiger charge is -2.02. The first-order chi connectivity index (χ1) is 9.36. The lowest BCUT2D eigenvalue weighted by Crippen LogP contribution is -1.98. The van der Waals surface area contributed by atoms with E-state index >= 15 is 0 Å². The van der Waals surface area contributed by atoms with E-state index in [9.17, 15) is 4.79 Å². The minimum atomic E-state index is 0.423. The summed E-state index contributed by atoms with van der Waals surface area (Å²) in [6.45, 7) is 3.13. The van der Waals surface area contributed by atoms with Crippen LogP contribution in [0.2, 0.25) is 0 Å². The number of rotatable bonds is 12. The number of carbonyl (C=O) groups is 1. The molecule has 0 radical (unpaired) electrons. The quantitative estimate of drug-likeness (QED) is 0.424. The van der Waals surface area contributed by atoms with Crippen molar-refractivity contribution in [2.45, 2.75) is 77.7 Å². The Hall–Kier alpha value is -1.19. The molecule has 0 aromatic carbocycles. The van der Waals surface area contributed by atoms with Gasteiger partial charge in [0.25, 0.3) is 0 Å². The fourth-order valence-electron chi connectivity index (χ4n) is 2.24. The number of unbranched alkanes of at least 4 members (excludes halogenated alkanes) is 9. The predicted molar refractivity (Wildman–Crippen MR) is 77.3 cm³/mol. The number of carbonyl (C=O) groups excluding carboxylic acids is 1. The molecule has 0 aliphatic heterocycles. The van der Waals surface area contributed by atoms with Crippen LogP contribution in [0.25, 0.3) is 0 Å². The van der Waals surface area contributed by atoms with Gasteiger partial charge in [0.2, 0.25) is 0 Å². The van der Waals surface area contributed by atoms with Crippen molar-refractivity contribution in [1.29, 1.82) is 0 Å². The van der Waals surface area contributed by atoms with Crippen LogP contribution in [0.3, 0.4) is 0 Å². The van der Waals surface area contributed by atoms with Gasteiger partial charge < -0.3 is 0 Å². The Labute approximate surface area is 116 Å². The van der Waals surface area contributed by atoms with Crippen molar-refractivity contribution in [1.82, 2.24) is 15.0 Å². The largest absolute Gasteiger partial charge is 0.296 e. The summed E-state index contributed by atoms with van der Waals surface area (Å²) in [7, 11) is 0. The molecule has 1 aromatic rings. The number of hydrogen-bond donors (Lipinski definition) is 0. The maximum absolute atomic E-state index is 10.4. The first-order valence-corrected chi connectivity index (χ1v) is 7.72. The molecule has 0 spiro atoms. The van der Waals surface area contributed by atoms with Crippen molar-refractivity contribution in [3.05, 3.63) is 11.9 Å². The third-order valence-electron chi connectivity index (χ3n) is 3.42. The third-order valence-corrected chi connectivity index (χ3v) is 3.42. The van der Waals surface area contributed by atoms with Crippen LogP contribution in [0.4, 0.5) is 0 Å². The number of aryl methyl sites for hydroxylation is 1. The molecule has 0 aliphatic rings. The SMILES string of the molecule is CCCCCCCCCCCCn1cc(C=O)nn1. The average molecular weight is 265 g/mol. The van der Waals surface area contributed by atoms with E-state index in [2.05, 4.69) is 17.2 Å². The summed E-state index contributed by atoms with van der Waals surface area (Å²) in [5, 5.41) is 7.64. The van der Waals surface area contributed by atoms with Crippen LogP contribution in [0, 0.1) is 0 Å². The van der Waals surface area contributed by atoms with Crippen LogP contribution < -0.4 is 0 Å². The highest BCUT2D eigenvalue weighted by Gasteiger charge is 1.98. The summed E-state index contributed by atoms with van der Waals surface area (Å²) < 4.78 is 1.76. The molecule has 1 heterocycles. The molecule has 0 amide bonds. The zero-order chi connectivity index (χ0) is 13.8. The standard InChI is InChI=1S/C15H27N3O/c1-2-3-4-5-6-7-8-9-10-11-12-18-13-15(14-19)16-17-18/h13-14H,2-12H2,1H3. The van der Waals surface area contributed by atoms with E-state index in [1.807, 2.05) is 0 Å². The van der Waals surface area contributed by atoms with Crippen molar-refractivity contribution in [3.63, 3.8) is 0 Å². The highest BCUT2D eigenvalue weighted by Crippen LogP contribution is 2.10. The minimum absolute atomic E-state index is 0.423. The van der Waals surface area contributed by atoms with Gasteiger partial charge in [0, 0.05) is 6.54 Å². The Morgan fingerprint density at radius 2 is 1.58 bits per heavy atom. The molecule has 0 saturated carbocycles. The molecule has 4 nitrogen and oxygen atoms in total. The summed E-state index contributed by atoms with van der Waals surface area (Å²) >= 11 is 0. The normalized spacial score (nSPS) is 10.8. The summed E-state index contributed by atoms with van der Waals surface area (Å²) in [5.74, 6) is 0. The molecule has 108 valence electrons. The molecule has 0 N–H and O–H groups in total. The highest BCUT2D eigenvalue weighted by atomic mass is 16.1. The van der Waals surface area contributed by atoms with E-state index in [0.29, 0.717) is 5.69 Å². The van der Waals surface area contributed by atoms with E-state index in [1.54, 1.807) is 10.9 Å². The van der Waals surface area contributed by atoms with Crippen molar-refractivity contribution < 1.29 is 4.79 Å². The van der Waals surface area contributed by atoms with Gasteiger partial charge in [0.1, 0.15) is 5.69 Å². The van der Waals surface area contributed by atoms with Crippen LogP contribution in [0.5, 0.6) is 0 Å². The van der Waals surface area contributed by atoms with Gasteiger partial charge in [-0.05, 0) is 6.42 Å². The maximum Gasteiger partial charge on any atom is 0.171 e. The second kappa shape index (κ2) is 10.7. The fraction of sp³-hybridized carbons (Fsp3) is 0.800. The Bertz CT molecular complexity index is 336. The summed E-state index contributed by atoms with van der Waals surface area (Å²) in [6, 6.07) is 0. The summed E-state index contributed by atoms with van der Waals surface area (Å²) in [5.41, 5.74) is 0.423. The Kier molecular flexibility index (Phi) is 8.94. The molecule has 0 unspecified atom stereocenters. The maximum atomic E-state index is 10.4. The molecule has 0 aliphatic carbocycles. The number of aromatic nitrogens is 3. The monoisotopic (exact) mass is 265 g/mol. The second-order valence-corrected chi connectivity index (χ2v) is 5.21. The van der Waals surface area contributed by atoms with Crippen molar-refractivity contribution in [3.8, 4) is 0 Å². The zero-order valence-corrected chi connectivity index (χ0v) is 12.2. The van der Waals surface area contributed by atoms with Gasteiger partial charge >= 0.3 is 0 Å². The molecule has 0 atom stereocenters. The van der Waals surface area contributed by atoms with E-state index in [-0.39, 0.29) is 0 Å². The van der Waals surface area contributed by atoms with Gasteiger partial charge in [0.05, 0.1) is 6.20 Å². The van der Waals surface area contributed by atoms with Crippen molar-refractivity contribution in [2.75, 3.05) is 0 Å². The van der Waals surface area contributed by atoms with E-state index in [4.69, 9.17) is 0 Å². The fourth-order valence-corrected chi connectivity index (χ4v) is 2.24. The van der Waals surface area contributed by atoms with Crippen molar-refractivity contribution in [2.24, 2.45) is 0 Å². The Morgan fingerprint density at radius 1 is 1.00 bits per heavy atom. The smallest absolute Gasteiger partial charge is 0.171 e. The molecule has 19 heavy (non-hydrogen) atoms. The van der Waals surface area contributed by atoms with Crippen LogP contribution in [0.15, 0.2) is 6.20 Å². The lowest BCUT2D eigenvalue weighted by molar-refractivity contribution is 0.111. The van der Waals surface area contributed by atoms with Crippen LogP contribution in [-0.4, -0.2) is 21.3 Å². The van der Waals surface area contributed by atoms with Crippen LogP contribution >= 0.6 is 0 Å². The summed E-state index contributed by atoms with van der Waals surface area (Å²) in [4.78, 5) is 10.4. The average Bonchev–Trinajstić information content (AvgIpc) is 2.89. The minimum Gasteiger partial charge on any atom is -0.296 e. The highest BCUT2D eigenvalue weighted by molar-refractivity contribution is 5.70. The number of hydrogen-bond acceptors (Lipinski definition) is 3. The molecule has 0 fully saturated rings. The van der Waals surface area contributed by atoms with Gasteiger partial charge in [-0.3, -0.25) is 9.48 Å². The lowest BCUT2D eigenvalue weighted by atomic mass is 10.1. The first kappa shape index (κ1) is 15.9. The molecule has 4 heteroatoms. The van der Waals surface area contributed by atoms with Crippen LogP contribution in [-0.2, 0) is 6.54 Å². The van der Waals surface area contributed by atoms with Gasteiger partial charge in [-0.15, -0.1) is 5.10 Å². The van der Waals surface area contributed by atoms with E-state index < -0.39 is 0 Å². The van der Waals surface area contributed by atoms with Gasteiger partial charge in [-0.2, -0.15) is 0 Å². The Morgan fingerprint density at radius 3 is 2.11 bits per heavy atom. The number of aldehydes is 1. The molecule has 1 rings (SSSR count). The molecular formula is C15H27N3O. The zero-order valence-electron chi connectivity index (χ0n) is 12.2. The molecule has 0 saturated heterocycles. The van der Waals surface area contributed by atoms with Gasteiger partial charge in [-0.1, -0.05) is 69.9 Å². The predicted octanol–water partition coefficient (Wildman–Crippen LogP) is 4.01. The topological polar surface area (TPSA) is 47.8 Å². The molecular weight excluding hydrogens is 238 g/mol. The molecule has 0 bridgehead atoms. The van der Waals surface area contributed by atoms with Crippen LogP contribution in [0.1, 0.15) is 81.6 Å². The summed E-state index contributed by atoms with van der Waals surface area (Å²) in [6.07, 6.45) is 15.8. The number of nitrogens with zero attached hydrogens (tertiary/aromatic N) is 3. The third kappa shape index (κ3) is 7.75. The Balaban J connectivity index is 1.87.